The Labute approximate surface area is 86.2 Å². The van der Waals surface area contributed by atoms with Gasteiger partial charge in [0, 0.05) is 6.07 Å². The molecule has 16 heavy (non-hydrogen) atoms. The van der Waals surface area contributed by atoms with E-state index in [-0.39, 0.29) is 0 Å². The average molecular weight is 232 g/mol. The van der Waals surface area contributed by atoms with Crippen molar-refractivity contribution in [3.8, 4) is 0 Å². The summed E-state index contributed by atoms with van der Waals surface area (Å²) in [5, 5.41) is 25.5. The second kappa shape index (κ2) is 3.88. The summed E-state index contributed by atoms with van der Waals surface area (Å²) < 4.78 is 13.0. The van der Waals surface area contributed by atoms with Gasteiger partial charge >= 0.3 is 17.3 Å². The largest absolute Gasteiger partial charge is 0.477 e. The minimum atomic E-state index is -1.68. The number of hydrogen-bond acceptors (Lipinski definition) is 3. The smallest absolute Gasteiger partial charge is 0.358 e. The summed E-state index contributed by atoms with van der Waals surface area (Å²) >= 11 is 0. The standard InChI is InChI=1S/C7H4FN2O6/c8-4-1-3(7(11)12)5(9(13)14)2-6(4)10(15)16/h1-2H,(H2-,11,12,13,14,15,16)/q+1/p+1. The number of hydrogen-bond donors (Lipinski definition) is 3. The first kappa shape index (κ1) is 11.5. The summed E-state index contributed by atoms with van der Waals surface area (Å²) in [5.41, 5.74) is -2.71. The van der Waals surface area contributed by atoms with Gasteiger partial charge in [0.25, 0.3) is 9.85 Å². The van der Waals surface area contributed by atoms with Gasteiger partial charge in [-0.25, -0.2) is 15.2 Å². The molecule has 3 N–H and O–H groups in total. The lowest BCUT2D eigenvalue weighted by atomic mass is 10.1. The zero-order chi connectivity index (χ0) is 12.5. The number of carboxylic acids is 1. The van der Waals surface area contributed by atoms with Crippen LogP contribution in [0.1, 0.15) is 10.4 Å². The Morgan fingerprint density at radius 3 is 2.00 bits per heavy atom. The SMILES string of the molecule is O=C(O)c1cc(F)c([N+](=O)O)cc1[N+](=O)O. The van der Waals surface area contributed by atoms with Gasteiger partial charge < -0.3 is 5.11 Å². The number of carbonyl (C=O) groups is 1. The summed E-state index contributed by atoms with van der Waals surface area (Å²) in [5.74, 6) is -3.02. The van der Waals surface area contributed by atoms with E-state index >= 15 is 0 Å². The van der Waals surface area contributed by atoms with Gasteiger partial charge in [0.2, 0.25) is 5.82 Å². The molecule has 1 aromatic carbocycles. The predicted molar refractivity (Wildman–Crippen MR) is 43.5 cm³/mol. The molecule has 0 spiro atoms. The van der Waals surface area contributed by atoms with Gasteiger partial charge in [-0.1, -0.05) is 0 Å². The number of aromatic carboxylic acids is 1. The molecular weight excluding hydrogens is 227 g/mol. The lowest BCUT2D eigenvalue weighted by Gasteiger charge is -1.94. The van der Waals surface area contributed by atoms with Crippen LogP contribution in [0, 0.1) is 15.6 Å². The van der Waals surface area contributed by atoms with E-state index in [1.807, 2.05) is 0 Å². The average Bonchev–Trinajstić information content (AvgIpc) is 2.15. The minimum Gasteiger partial charge on any atom is -0.477 e. The van der Waals surface area contributed by atoms with Crippen LogP contribution in [0.2, 0.25) is 0 Å². The number of benzene rings is 1. The normalized spacial score (nSPS) is 9.81. The van der Waals surface area contributed by atoms with Gasteiger partial charge in [-0.05, 0) is 0 Å². The highest BCUT2D eigenvalue weighted by atomic mass is 19.1. The molecule has 0 bridgehead atoms. The van der Waals surface area contributed by atoms with Crippen molar-refractivity contribution in [3.63, 3.8) is 0 Å². The van der Waals surface area contributed by atoms with Crippen molar-refractivity contribution in [2.75, 3.05) is 0 Å². The fourth-order valence-corrected chi connectivity index (χ4v) is 1.03. The molecule has 0 atom stereocenters. The van der Waals surface area contributed by atoms with Crippen LogP contribution in [0.5, 0.6) is 0 Å². The van der Waals surface area contributed by atoms with Gasteiger partial charge in [0.15, 0.2) is 0 Å². The molecule has 84 valence electrons. The van der Waals surface area contributed by atoms with E-state index in [1.165, 1.54) is 0 Å². The third-order valence-electron chi connectivity index (χ3n) is 1.71. The first-order chi connectivity index (χ1) is 7.34. The topological polar surface area (TPSA) is 118 Å². The number of nitrogens with zero attached hydrogens (tertiary/aromatic N) is 2. The monoisotopic (exact) mass is 232 g/mol. The quantitative estimate of drug-likeness (QED) is 0.672. The summed E-state index contributed by atoms with van der Waals surface area (Å²) in [6.07, 6.45) is 0. The molecule has 0 fully saturated rings. The highest BCUT2D eigenvalue weighted by molar-refractivity contribution is 5.92. The van der Waals surface area contributed by atoms with Crippen LogP contribution in [0.15, 0.2) is 12.1 Å². The van der Waals surface area contributed by atoms with Gasteiger partial charge in [0.1, 0.15) is 11.6 Å². The van der Waals surface area contributed by atoms with Crippen LogP contribution in [0.4, 0.5) is 15.8 Å². The van der Waals surface area contributed by atoms with Crippen LogP contribution < -0.4 is 0 Å². The van der Waals surface area contributed by atoms with Crippen molar-refractivity contribution in [1.82, 2.24) is 0 Å². The molecule has 8 nitrogen and oxygen atoms in total. The third kappa shape index (κ3) is 1.92. The first-order valence-electron chi connectivity index (χ1n) is 3.73. The summed E-state index contributed by atoms with van der Waals surface area (Å²) in [6.45, 7) is 0. The Bertz CT molecular complexity index is 500. The van der Waals surface area contributed by atoms with Crippen LogP contribution in [-0.4, -0.2) is 31.3 Å². The molecule has 0 heterocycles. The van der Waals surface area contributed by atoms with E-state index in [4.69, 9.17) is 15.5 Å². The molecule has 1 rings (SSSR count). The maximum absolute atomic E-state index is 13.0. The Hall–Kier alpha value is -2.58. The van der Waals surface area contributed by atoms with Crippen LogP contribution in [0.25, 0.3) is 0 Å². The van der Waals surface area contributed by atoms with Gasteiger partial charge in [-0.3, -0.25) is 0 Å². The summed E-state index contributed by atoms with van der Waals surface area (Å²) in [6, 6.07) is 0.730. The summed E-state index contributed by atoms with van der Waals surface area (Å²) in [4.78, 5) is 29.8. The number of rotatable bonds is 3. The van der Waals surface area contributed by atoms with Crippen LogP contribution >= 0.6 is 0 Å². The zero-order valence-corrected chi connectivity index (χ0v) is 7.49. The van der Waals surface area contributed by atoms with Crippen molar-refractivity contribution in [2.24, 2.45) is 0 Å². The molecule has 0 aliphatic rings. The Morgan fingerprint density at radius 1 is 1.12 bits per heavy atom. The van der Waals surface area contributed by atoms with Crippen LogP contribution in [-0.2, 0) is 0 Å². The molecular formula is C7H5FN2O6+2. The third-order valence-corrected chi connectivity index (χ3v) is 1.71. The summed E-state index contributed by atoms with van der Waals surface area (Å²) in [7, 11) is 0. The predicted octanol–water partition coefficient (Wildman–Crippen LogP) is 1.12. The van der Waals surface area contributed by atoms with Gasteiger partial charge in [0.05, 0.1) is 9.81 Å². The molecule has 0 aliphatic carbocycles. The molecule has 1 aromatic rings. The lowest BCUT2D eigenvalue weighted by molar-refractivity contribution is -0.736. The van der Waals surface area contributed by atoms with E-state index < -0.39 is 38.6 Å². The van der Waals surface area contributed by atoms with Crippen molar-refractivity contribution >= 4 is 17.3 Å². The Balaban J connectivity index is 3.55. The van der Waals surface area contributed by atoms with Crippen molar-refractivity contribution in [1.29, 1.82) is 0 Å². The maximum Gasteiger partial charge on any atom is 0.358 e. The number of halogens is 1. The molecule has 0 saturated carbocycles. The Kier molecular flexibility index (Phi) is 2.79. The Morgan fingerprint density at radius 2 is 1.62 bits per heavy atom. The van der Waals surface area contributed by atoms with E-state index in [9.17, 15) is 19.0 Å². The first-order valence-corrected chi connectivity index (χ1v) is 3.73. The van der Waals surface area contributed by atoms with Crippen molar-refractivity contribution in [2.45, 2.75) is 0 Å². The van der Waals surface area contributed by atoms with Crippen molar-refractivity contribution < 1.29 is 34.6 Å². The molecule has 0 aliphatic heterocycles. The van der Waals surface area contributed by atoms with E-state index in [0.717, 1.165) is 0 Å². The molecule has 0 radical (unpaired) electrons. The maximum atomic E-state index is 13.0. The minimum absolute atomic E-state index is 0.329. The van der Waals surface area contributed by atoms with Gasteiger partial charge in [-0.15, -0.1) is 0 Å². The molecule has 0 aromatic heterocycles. The van der Waals surface area contributed by atoms with Crippen molar-refractivity contribution in [3.05, 3.63) is 33.3 Å². The molecule has 9 heteroatoms. The second-order valence-corrected chi connectivity index (χ2v) is 2.67. The fraction of sp³-hybridized carbons (Fsp3) is 0. The molecule has 0 unspecified atom stereocenters. The van der Waals surface area contributed by atoms with Gasteiger partial charge in [-0.2, -0.15) is 4.39 Å². The molecule has 0 saturated heterocycles. The molecule has 0 amide bonds. The van der Waals surface area contributed by atoms with Crippen LogP contribution in [0.3, 0.4) is 0 Å². The zero-order valence-electron chi connectivity index (χ0n) is 7.49. The lowest BCUT2D eigenvalue weighted by Crippen LogP contribution is -2.07. The highest BCUT2D eigenvalue weighted by Gasteiger charge is 2.32. The van der Waals surface area contributed by atoms with E-state index in [0.29, 0.717) is 12.1 Å². The number of carboxylic acid groups (broad SMARTS) is 1. The second-order valence-electron chi connectivity index (χ2n) is 2.67. The highest BCUT2D eigenvalue weighted by Crippen LogP contribution is 2.27. The fourth-order valence-electron chi connectivity index (χ4n) is 1.03. The van der Waals surface area contributed by atoms with E-state index in [1.54, 1.807) is 0 Å². The van der Waals surface area contributed by atoms with E-state index in [2.05, 4.69) is 0 Å².